The van der Waals surface area contributed by atoms with Gasteiger partial charge in [0.05, 0.1) is 10.6 Å². The maximum atomic E-state index is 13.2. The van der Waals surface area contributed by atoms with E-state index < -0.39 is 16.7 Å². The molecule has 2 aliphatic rings. The van der Waals surface area contributed by atoms with Gasteiger partial charge >= 0.3 is 0 Å². The predicted octanol–water partition coefficient (Wildman–Crippen LogP) is 2.91. The van der Waals surface area contributed by atoms with Gasteiger partial charge in [-0.15, -0.1) is 0 Å². The largest absolute Gasteiger partial charge is 0.317 e. The average molecular weight is 407 g/mol. The Morgan fingerprint density at radius 3 is 2.50 bits per heavy atom. The van der Waals surface area contributed by atoms with Crippen LogP contribution in [0.2, 0.25) is 0 Å². The molecule has 1 aromatic carbocycles. The maximum Gasteiger partial charge on any atom is 0.243 e. The van der Waals surface area contributed by atoms with Crippen molar-refractivity contribution in [2.75, 3.05) is 26.2 Å². The molecule has 3 heterocycles. The number of sulfonamides is 1. The van der Waals surface area contributed by atoms with E-state index in [1.165, 1.54) is 16.4 Å². The summed E-state index contributed by atoms with van der Waals surface area (Å²) >= 11 is 0. The quantitative estimate of drug-likeness (QED) is 0.800. The molecule has 8 heteroatoms. The topological polar surface area (TPSA) is 78.1 Å². The zero-order valence-corrected chi connectivity index (χ0v) is 16.7. The third-order valence-corrected chi connectivity index (χ3v) is 8.00. The molecule has 28 heavy (non-hydrogen) atoms. The molecule has 4 rings (SSSR count). The zero-order valence-electron chi connectivity index (χ0n) is 15.9. The van der Waals surface area contributed by atoms with Crippen molar-refractivity contribution in [1.29, 1.82) is 0 Å². The van der Waals surface area contributed by atoms with Gasteiger partial charge in [-0.3, -0.25) is 5.10 Å². The number of nitrogens with one attached hydrogen (secondary N) is 2. The summed E-state index contributed by atoms with van der Waals surface area (Å²) in [7, 11) is -3.66. The molecule has 6 nitrogen and oxygen atoms in total. The standard InChI is InChI=1S/C20H27FN4O2S/c21-14-17-3-1-2-4-20(17)28(26,27)25-11-7-16(8-12-25)19-13-18(23-24-19)15-5-9-22-10-6-15/h1-4,13,15-16,22H,5-12,14H2,(H,23,24). The maximum absolute atomic E-state index is 13.2. The molecular formula is C20H27FN4O2S. The summed E-state index contributed by atoms with van der Waals surface area (Å²) in [4.78, 5) is 0.0886. The number of piperidine rings is 2. The summed E-state index contributed by atoms with van der Waals surface area (Å²) in [6.45, 7) is 2.16. The number of alkyl halides is 1. The normalized spacial score (nSPS) is 20.5. The third kappa shape index (κ3) is 3.86. The number of rotatable bonds is 5. The highest BCUT2D eigenvalue weighted by atomic mass is 32.2. The second-order valence-corrected chi connectivity index (χ2v) is 9.60. The molecule has 0 atom stereocenters. The first-order valence-electron chi connectivity index (χ1n) is 9.99. The van der Waals surface area contributed by atoms with E-state index in [-0.39, 0.29) is 16.4 Å². The lowest BCUT2D eigenvalue weighted by Crippen LogP contribution is -2.38. The first kappa shape index (κ1) is 19.5. The molecule has 0 radical (unpaired) electrons. The fraction of sp³-hybridized carbons (Fsp3) is 0.550. The minimum atomic E-state index is -3.66. The number of hydrogen-bond donors (Lipinski definition) is 2. The molecule has 0 amide bonds. The van der Waals surface area contributed by atoms with Crippen molar-refractivity contribution in [1.82, 2.24) is 19.8 Å². The first-order valence-corrected chi connectivity index (χ1v) is 11.4. The van der Waals surface area contributed by atoms with Crippen LogP contribution in [-0.4, -0.2) is 49.1 Å². The van der Waals surface area contributed by atoms with Gasteiger partial charge in [0.25, 0.3) is 0 Å². The third-order valence-electron chi connectivity index (χ3n) is 6.00. The van der Waals surface area contributed by atoms with Crippen LogP contribution < -0.4 is 5.32 Å². The van der Waals surface area contributed by atoms with E-state index in [1.54, 1.807) is 12.1 Å². The first-order chi connectivity index (χ1) is 13.6. The van der Waals surface area contributed by atoms with Crippen LogP contribution in [0, 0.1) is 0 Å². The molecule has 1 aromatic heterocycles. The minimum Gasteiger partial charge on any atom is -0.317 e. The summed E-state index contributed by atoms with van der Waals surface area (Å²) in [5.74, 6) is 0.787. The smallest absolute Gasteiger partial charge is 0.243 e. The van der Waals surface area contributed by atoms with E-state index in [1.807, 2.05) is 0 Å². The molecule has 0 spiro atoms. The number of nitrogens with zero attached hydrogens (tertiary/aromatic N) is 2. The van der Waals surface area contributed by atoms with Gasteiger partial charge in [-0.2, -0.15) is 9.40 Å². The van der Waals surface area contributed by atoms with Crippen molar-refractivity contribution in [3.05, 3.63) is 47.3 Å². The summed E-state index contributed by atoms with van der Waals surface area (Å²) < 4.78 is 40.6. The van der Waals surface area contributed by atoms with Gasteiger partial charge in [-0.25, -0.2) is 12.8 Å². The van der Waals surface area contributed by atoms with Crippen molar-refractivity contribution in [2.24, 2.45) is 0 Å². The van der Waals surface area contributed by atoms with Gasteiger partial charge in [0, 0.05) is 36.2 Å². The average Bonchev–Trinajstić information content (AvgIpc) is 3.25. The second kappa shape index (κ2) is 8.31. The monoisotopic (exact) mass is 406 g/mol. The van der Waals surface area contributed by atoms with E-state index in [4.69, 9.17) is 0 Å². The van der Waals surface area contributed by atoms with E-state index >= 15 is 0 Å². The lowest BCUT2D eigenvalue weighted by atomic mass is 9.91. The highest BCUT2D eigenvalue weighted by molar-refractivity contribution is 7.89. The molecule has 2 aliphatic heterocycles. The number of halogens is 1. The van der Waals surface area contributed by atoms with Crippen LogP contribution in [0.15, 0.2) is 35.2 Å². The van der Waals surface area contributed by atoms with Gasteiger partial charge in [0.15, 0.2) is 0 Å². The van der Waals surface area contributed by atoms with Crippen molar-refractivity contribution >= 4 is 10.0 Å². The number of aromatic nitrogens is 2. The SMILES string of the molecule is O=S(=O)(c1ccccc1CF)N1CCC(c2cc(C3CCNCC3)n[nH]2)CC1. The Kier molecular flexibility index (Phi) is 5.80. The minimum absolute atomic E-state index is 0.0886. The molecule has 2 N–H and O–H groups in total. The Hall–Kier alpha value is -1.77. The van der Waals surface area contributed by atoms with Crippen LogP contribution in [0.3, 0.4) is 0 Å². The Morgan fingerprint density at radius 2 is 1.79 bits per heavy atom. The Labute approximate surface area is 165 Å². The van der Waals surface area contributed by atoms with E-state index in [0.29, 0.717) is 19.0 Å². The number of H-pyrrole nitrogens is 1. The molecule has 2 fully saturated rings. The second-order valence-electron chi connectivity index (χ2n) is 7.69. The molecule has 0 bridgehead atoms. The molecule has 0 unspecified atom stereocenters. The zero-order chi connectivity index (χ0) is 19.6. The van der Waals surface area contributed by atoms with Gasteiger partial charge in [0.2, 0.25) is 10.0 Å². The number of hydrogen-bond acceptors (Lipinski definition) is 4. The number of benzene rings is 1. The van der Waals surface area contributed by atoms with Gasteiger partial charge in [-0.05, 0) is 50.9 Å². The van der Waals surface area contributed by atoms with Crippen LogP contribution >= 0.6 is 0 Å². The Bertz CT molecular complexity index is 900. The van der Waals surface area contributed by atoms with Crippen molar-refractivity contribution < 1.29 is 12.8 Å². The molecule has 2 saturated heterocycles. The fourth-order valence-electron chi connectivity index (χ4n) is 4.30. The van der Waals surface area contributed by atoms with E-state index in [9.17, 15) is 12.8 Å². The molecule has 0 aliphatic carbocycles. The van der Waals surface area contributed by atoms with Crippen LogP contribution in [0.1, 0.15) is 54.5 Å². The summed E-state index contributed by atoms with van der Waals surface area (Å²) in [6.07, 6.45) is 3.69. The summed E-state index contributed by atoms with van der Waals surface area (Å²) in [5, 5.41) is 11.1. The van der Waals surface area contributed by atoms with E-state index in [2.05, 4.69) is 21.6 Å². The Morgan fingerprint density at radius 1 is 1.07 bits per heavy atom. The van der Waals surface area contributed by atoms with Crippen LogP contribution in [0.5, 0.6) is 0 Å². The van der Waals surface area contributed by atoms with Crippen LogP contribution in [0.4, 0.5) is 4.39 Å². The van der Waals surface area contributed by atoms with E-state index in [0.717, 1.165) is 50.2 Å². The predicted molar refractivity (Wildman–Crippen MR) is 105 cm³/mol. The molecule has 152 valence electrons. The van der Waals surface area contributed by atoms with Crippen LogP contribution in [-0.2, 0) is 16.7 Å². The van der Waals surface area contributed by atoms with Crippen molar-refractivity contribution in [2.45, 2.75) is 49.1 Å². The summed E-state index contributed by atoms with van der Waals surface area (Å²) in [5.41, 5.74) is 2.46. The fourth-order valence-corrected chi connectivity index (χ4v) is 5.98. The summed E-state index contributed by atoms with van der Waals surface area (Å²) in [6, 6.07) is 8.51. The van der Waals surface area contributed by atoms with Gasteiger partial charge in [0.1, 0.15) is 6.67 Å². The lowest BCUT2D eigenvalue weighted by molar-refractivity contribution is 0.316. The number of aromatic amines is 1. The molecule has 0 saturated carbocycles. The van der Waals surface area contributed by atoms with Gasteiger partial charge in [-0.1, -0.05) is 18.2 Å². The molecule has 2 aromatic rings. The molecular weight excluding hydrogens is 379 g/mol. The highest BCUT2D eigenvalue weighted by Gasteiger charge is 2.32. The van der Waals surface area contributed by atoms with Crippen molar-refractivity contribution in [3.63, 3.8) is 0 Å². The van der Waals surface area contributed by atoms with Crippen molar-refractivity contribution in [3.8, 4) is 0 Å². The van der Waals surface area contributed by atoms with Gasteiger partial charge < -0.3 is 5.32 Å². The van der Waals surface area contributed by atoms with Crippen LogP contribution in [0.25, 0.3) is 0 Å². The lowest BCUT2D eigenvalue weighted by Gasteiger charge is -2.31. The highest BCUT2D eigenvalue weighted by Crippen LogP contribution is 2.33. The Balaban J connectivity index is 1.42.